The number of pyridine rings is 1. The third-order valence-electron chi connectivity index (χ3n) is 3.31. The number of ether oxygens (including phenoxy) is 1. The van der Waals surface area contributed by atoms with Crippen LogP contribution in [0.4, 0.5) is 17.6 Å². The van der Waals surface area contributed by atoms with Crippen LogP contribution in [0.1, 0.15) is 34.6 Å². The SMILES string of the molecule is Cc1ncc(Br)cc1C(=O)NC(C)c1cc(OC(F)(F)F)ccc1F. The maximum absolute atomic E-state index is 13.9. The molecule has 25 heavy (non-hydrogen) atoms. The van der Waals surface area contributed by atoms with E-state index in [1.165, 1.54) is 13.1 Å². The van der Waals surface area contributed by atoms with Crippen molar-refractivity contribution in [1.29, 1.82) is 0 Å². The van der Waals surface area contributed by atoms with Crippen molar-refractivity contribution >= 4 is 21.8 Å². The van der Waals surface area contributed by atoms with E-state index in [0.29, 0.717) is 10.2 Å². The van der Waals surface area contributed by atoms with Gasteiger partial charge in [0.15, 0.2) is 0 Å². The van der Waals surface area contributed by atoms with Gasteiger partial charge in [0.25, 0.3) is 5.91 Å². The number of carbonyl (C=O) groups excluding carboxylic acids is 1. The molecule has 1 N–H and O–H groups in total. The molecule has 4 nitrogen and oxygen atoms in total. The molecule has 134 valence electrons. The molecule has 0 aliphatic heterocycles. The largest absolute Gasteiger partial charge is 0.573 e. The number of rotatable bonds is 4. The number of hydrogen-bond donors (Lipinski definition) is 1. The Labute approximate surface area is 149 Å². The molecule has 9 heteroatoms. The number of amides is 1. The van der Waals surface area contributed by atoms with Crippen LogP contribution >= 0.6 is 15.9 Å². The topological polar surface area (TPSA) is 51.2 Å². The Hall–Kier alpha value is -2.16. The Morgan fingerprint density at radius 3 is 2.64 bits per heavy atom. The Bertz CT molecular complexity index is 796. The molecule has 1 aromatic carbocycles. The molecular formula is C16H13BrF4N2O2. The molecule has 2 rings (SSSR count). The third kappa shape index (κ3) is 5.15. The molecule has 0 aliphatic carbocycles. The molecule has 0 saturated heterocycles. The minimum Gasteiger partial charge on any atom is -0.406 e. The third-order valence-corrected chi connectivity index (χ3v) is 3.75. The van der Waals surface area contributed by atoms with E-state index in [0.717, 1.165) is 18.2 Å². The number of nitrogens with one attached hydrogen (secondary N) is 1. The number of benzene rings is 1. The average Bonchev–Trinajstić information content (AvgIpc) is 2.50. The quantitative estimate of drug-likeness (QED) is 0.730. The van der Waals surface area contributed by atoms with E-state index >= 15 is 0 Å². The lowest BCUT2D eigenvalue weighted by molar-refractivity contribution is -0.274. The molecule has 2 aromatic rings. The number of carbonyl (C=O) groups is 1. The first-order chi connectivity index (χ1) is 11.6. The van der Waals surface area contributed by atoms with Crippen molar-refractivity contribution in [3.05, 3.63) is 57.6 Å². The number of alkyl halides is 3. The zero-order valence-corrected chi connectivity index (χ0v) is 14.7. The fourth-order valence-corrected chi connectivity index (χ4v) is 2.47. The summed E-state index contributed by atoms with van der Waals surface area (Å²) >= 11 is 3.20. The number of aromatic nitrogens is 1. The van der Waals surface area contributed by atoms with Crippen molar-refractivity contribution in [2.75, 3.05) is 0 Å². The minimum absolute atomic E-state index is 0.129. The van der Waals surface area contributed by atoms with Crippen molar-refractivity contribution in [2.45, 2.75) is 26.3 Å². The van der Waals surface area contributed by atoms with Gasteiger partial charge in [0.2, 0.25) is 0 Å². The summed E-state index contributed by atoms with van der Waals surface area (Å²) in [6.45, 7) is 3.08. The van der Waals surface area contributed by atoms with Crippen LogP contribution in [0.25, 0.3) is 0 Å². The smallest absolute Gasteiger partial charge is 0.406 e. The van der Waals surface area contributed by atoms with E-state index in [4.69, 9.17) is 0 Å². The number of hydrogen-bond acceptors (Lipinski definition) is 3. The molecule has 0 radical (unpaired) electrons. The van der Waals surface area contributed by atoms with Gasteiger partial charge in [-0.2, -0.15) is 0 Å². The van der Waals surface area contributed by atoms with E-state index < -0.39 is 29.9 Å². The van der Waals surface area contributed by atoms with Crippen LogP contribution in [0, 0.1) is 12.7 Å². The highest BCUT2D eigenvalue weighted by molar-refractivity contribution is 9.10. The molecule has 0 bridgehead atoms. The molecule has 0 spiro atoms. The Morgan fingerprint density at radius 1 is 1.32 bits per heavy atom. The summed E-state index contributed by atoms with van der Waals surface area (Å²) in [5.41, 5.74) is 0.600. The zero-order chi connectivity index (χ0) is 18.8. The van der Waals surface area contributed by atoms with E-state index in [1.807, 2.05) is 0 Å². The first-order valence-electron chi connectivity index (χ1n) is 7.05. The van der Waals surface area contributed by atoms with Gasteiger partial charge in [-0.25, -0.2) is 4.39 Å². The number of halogens is 5. The van der Waals surface area contributed by atoms with Gasteiger partial charge in [0, 0.05) is 16.2 Å². The number of aryl methyl sites for hydroxylation is 1. The molecule has 1 amide bonds. The average molecular weight is 421 g/mol. The van der Waals surface area contributed by atoms with Gasteiger partial charge in [0.1, 0.15) is 11.6 Å². The summed E-state index contributed by atoms with van der Waals surface area (Å²) in [6, 6.07) is 3.28. The monoisotopic (exact) mass is 420 g/mol. The molecule has 0 aliphatic rings. The summed E-state index contributed by atoms with van der Waals surface area (Å²) in [5, 5.41) is 2.53. The summed E-state index contributed by atoms with van der Waals surface area (Å²) in [4.78, 5) is 16.3. The fourth-order valence-electron chi connectivity index (χ4n) is 2.14. The van der Waals surface area contributed by atoms with Gasteiger partial charge >= 0.3 is 6.36 Å². The lowest BCUT2D eigenvalue weighted by Crippen LogP contribution is -2.28. The summed E-state index contributed by atoms with van der Waals surface area (Å²) < 4.78 is 55.2. The molecule has 1 aromatic heterocycles. The van der Waals surface area contributed by atoms with Gasteiger partial charge in [-0.1, -0.05) is 0 Å². The van der Waals surface area contributed by atoms with E-state index in [2.05, 4.69) is 31.0 Å². The van der Waals surface area contributed by atoms with Crippen LogP contribution in [0.15, 0.2) is 34.9 Å². The van der Waals surface area contributed by atoms with Crippen LogP contribution in [0.5, 0.6) is 5.75 Å². The van der Waals surface area contributed by atoms with Crippen LogP contribution in [0.3, 0.4) is 0 Å². The first-order valence-corrected chi connectivity index (χ1v) is 7.84. The maximum Gasteiger partial charge on any atom is 0.573 e. The van der Waals surface area contributed by atoms with Crippen molar-refractivity contribution in [2.24, 2.45) is 0 Å². The van der Waals surface area contributed by atoms with E-state index in [-0.39, 0.29) is 11.1 Å². The van der Waals surface area contributed by atoms with Crippen molar-refractivity contribution in [3.63, 3.8) is 0 Å². The molecular weight excluding hydrogens is 408 g/mol. The van der Waals surface area contributed by atoms with Crippen LogP contribution in [-0.4, -0.2) is 17.3 Å². The van der Waals surface area contributed by atoms with Crippen molar-refractivity contribution in [1.82, 2.24) is 10.3 Å². The highest BCUT2D eigenvalue weighted by Gasteiger charge is 2.31. The summed E-state index contributed by atoms with van der Waals surface area (Å²) in [5.74, 6) is -1.85. The highest BCUT2D eigenvalue weighted by Crippen LogP contribution is 2.27. The van der Waals surface area contributed by atoms with Gasteiger partial charge in [0.05, 0.1) is 17.3 Å². The number of nitrogens with zero attached hydrogens (tertiary/aromatic N) is 1. The fraction of sp³-hybridized carbons (Fsp3) is 0.250. The predicted molar refractivity (Wildman–Crippen MR) is 85.6 cm³/mol. The van der Waals surface area contributed by atoms with Crippen LogP contribution < -0.4 is 10.1 Å². The zero-order valence-electron chi connectivity index (χ0n) is 13.1. The lowest BCUT2D eigenvalue weighted by Gasteiger charge is -2.17. The maximum atomic E-state index is 13.9. The first kappa shape index (κ1) is 19.2. The predicted octanol–water partition coefficient (Wildman–Crippen LogP) is 4.68. The Balaban J connectivity index is 2.22. The second-order valence-electron chi connectivity index (χ2n) is 5.21. The highest BCUT2D eigenvalue weighted by atomic mass is 79.9. The summed E-state index contributed by atoms with van der Waals surface area (Å²) in [7, 11) is 0. The van der Waals surface area contributed by atoms with Crippen LogP contribution in [0.2, 0.25) is 0 Å². The molecule has 1 atom stereocenters. The molecule has 1 heterocycles. The second kappa shape index (κ2) is 7.38. The van der Waals surface area contributed by atoms with Crippen molar-refractivity contribution in [3.8, 4) is 5.75 Å². The van der Waals surface area contributed by atoms with Gasteiger partial charge < -0.3 is 10.1 Å². The van der Waals surface area contributed by atoms with Crippen molar-refractivity contribution < 1.29 is 27.1 Å². The molecule has 0 fully saturated rings. The van der Waals surface area contributed by atoms with E-state index in [9.17, 15) is 22.4 Å². The summed E-state index contributed by atoms with van der Waals surface area (Å²) in [6.07, 6.45) is -3.37. The molecule has 0 saturated carbocycles. The Kier molecular flexibility index (Phi) is 5.66. The Morgan fingerprint density at radius 2 is 2.00 bits per heavy atom. The van der Waals surface area contributed by atoms with Crippen LogP contribution in [-0.2, 0) is 0 Å². The molecule has 1 unspecified atom stereocenters. The van der Waals surface area contributed by atoms with E-state index in [1.54, 1.807) is 13.0 Å². The minimum atomic E-state index is -4.89. The standard InChI is InChI=1S/C16H13BrF4N2O2/c1-8-13(5-10(17)7-22-8)15(24)23-9(2)12-6-11(3-4-14(12)18)25-16(19,20)21/h3-7,9H,1-2H3,(H,23,24). The van der Waals surface area contributed by atoms with Gasteiger partial charge in [-0.05, 0) is 54.0 Å². The van der Waals surface area contributed by atoms with Gasteiger partial charge in [-0.15, -0.1) is 13.2 Å². The lowest BCUT2D eigenvalue weighted by atomic mass is 10.1. The normalized spacial score (nSPS) is 12.6. The van der Waals surface area contributed by atoms with Gasteiger partial charge in [-0.3, -0.25) is 9.78 Å². The second-order valence-corrected chi connectivity index (χ2v) is 6.13.